The van der Waals surface area contributed by atoms with Gasteiger partial charge in [0.25, 0.3) is 5.69 Å². The zero-order valence-electron chi connectivity index (χ0n) is 14.4. The fourth-order valence-electron chi connectivity index (χ4n) is 1.97. The molecule has 0 heterocycles. The topological polar surface area (TPSA) is 113 Å². The second kappa shape index (κ2) is 8.18. The number of nitro groups is 1. The van der Waals surface area contributed by atoms with E-state index in [9.17, 15) is 24.5 Å². The third-order valence-electron chi connectivity index (χ3n) is 3.00. The lowest BCUT2D eigenvalue weighted by molar-refractivity contribution is -0.385. The van der Waals surface area contributed by atoms with E-state index in [-0.39, 0.29) is 23.4 Å². The minimum atomic E-state index is -1.07. The molecule has 0 bridgehead atoms. The number of hydrogen-bond acceptors (Lipinski definition) is 7. The van der Waals surface area contributed by atoms with Crippen LogP contribution in [-0.2, 0) is 23.9 Å². The van der Waals surface area contributed by atoms with Crippen LogP contribution in [0.15, 0.2) is 29.8 Å². The van der Waals surface area contributed by atoms with Gasteiger partial charge >= 0.3 is 11.9 Å². The molecule has 8 nitrogen and oxygen atoms in total. The number of esters is 2. The van der Waals surface area contributed by atoms with Crippen molar-refractivity contribution in [3.8, 4) is 0 Å². The van der Waals surface area contributed by atoms with Gasteiger partial charge in [-0.3, -0.25) is 19.7 Å². The summed E-state index contributed by atoms with van der Waals surface area (Å²) in [7, 11) is 0. The number of nitrogens with zero attached hydrogens (tertiary/aromatic N) is 1. The summed E-state index contributed by atoms with van der Waals surface area (Å²) in [6, 6.07) is 5.70. The predicted octanol–water partition coefficient (Wildman–Crippen LogP) is 2.45. The van der Waals surface area contributed by atoms with Crippen LogP contribution in [-0.4, -0.2) is 34.9 Å². The van der Waals surface area contributed by atoms with E-state index in [1.54, 1.807) is 19.9 Å². The highest BCUT2D eigenvalue weighted by Crippen LogP contribution is 2.21. The van der Waals surface area contributed by atoms with Gasteiger partial charge in [0, 0.05) is 13.0 Å². The standard InChI is InChI=1S/C17H19NO7/c1-11(19)14(9-13-7-5-6-8-15(13)18(22)23)16(21)24-10-17(3,4)25-12(2)20/h5-9H,10H2,1-4H3/b14-9+. The maximum atomic E-state index is 12.2. The molecule has 0 saturated carbocycles. The molecule has 134 valence electrons. The molecule has 0 atom stereocenters. The van der Waals surface area contributed by atoms with Crippen molar-refractivity contribution in [1.82, 2.24) is 0 Å². The summed E-state index contributed by atoms with van der Waals surface area (Å²) >= 11 is 0. The molecule has 1 aromatic rings. The van der Waals surface area contributed by atoms with Gasteiger partial charge in [-0.05, 0) is 32.9 Å². The van der Waals surface area contributed by atoms with Crippen molar-refractivity contribution in [2.75, 3.05) is 6.61 Å². The third-order valence-corrected chi connectivity index (χ3v) is 3.00. The molecule has 25 heavy (non-hydrogen) atoms. The highest BCUT2D eigenvalue weighted by atomic mass is 16.6. The lowest BCUT2D eigenvalue weighted by Gasteiger charge is -2.23. The van der Waals surface area contributed by atoms with Crippen molar-refractivity contribution in [2.24, 2.45) is 0 Å². The van der Waals surface area contributed by atoms with Gasteiger partial charge in [0.2, 0.25) is 0 Å². The van der Waals surface area contributed by atoms with Gasteiger partial charge in [-0.1, -0.05) is 12.1 Å². The number of carbonyl (C=O) groups is 3. The Morgan fingerprint density at radius 3 is 2.32 bits per heavy atom. The molecule has 0 radical (unpaired) electrons. The molecule has 0 aliphatic rings. The number of hydrogen-bond donors (Lipinski definition) is 0. The molecular weight excluding hydrogens is 330 g/mol. The van der Waals surface area contributed by atoms with E-state index in [1.165, 1.54) is 25.1 Å². The van der Waals surface area contributed by atoms with E-state index in [1.807, 2.05) is 0 Å². The Bertz CT molecular complexity index is 734. The fourth-order valence-corrected chi connectivity index (χ4v) is 1.97. The van der Waals surface area contributed by atoms with Crippen molar-refractivity contribution < 1.29 is 28.8 Å². The first-order valence-corrected chi connectivity index (χ1v) is 7.36. The molecule has 8 heteroatoms. The zero-order valence-corrected chi connectivity index (χ0v) is 14.4. The van der Waals surface area contributed by atoms with E-state index < -0.39 is 28.2 Å². The zero-order chi connectivity index (χ0) is 19.2. The molecule has 0 amide bonds. The minimum absolute atomic E-state index is 0.105. The van der Waals surface area contributed by atoms with Crippen LogP contribution in [0, 0.1) is 10.1 Å². The largest absolute Gasteiger partial charge is 0.458 e. The number of nitro benzene ring substituents is 1. The van der Waals surface area contributed by atoms with Gasteiger partial charge in [0.05, 0.1) is 10.5 Å². The molecule has 0 aliphatic heterocycles. The van der Waals surface area contributed by atoms with Crippen LogP contribution >= 0.6 is 0 Å². The highest BCUT2D eigenvalue weighted by molar-refractivity contribution is 6.20. The first kappa shape index (κ1) is 20.0. The van der Waals surface area contributed by atoms with Crippen LogP contribution in [0.5, 0.6) is 0 Å². The molecule has 0 spiro atoms. The summed E-state index contributed by atoms with van der Waals surface area (Å²) in [5.74, 6) is -2.09. The fraction of sp³-hybridized carbons (Fsp3) is 0.353. The summed E-state index contributed by atoms with van der Waals surface area (Å²) in [4.78, 5) is 45.3. The lowest BCUT2D eigenvalue weighted by Crippen LogP contribution is -2.34. The van der Waals surface area contributed by atoms with Crippen molar-refractivity contribution in [1.29, 1.82) is 0 Å². The molecule has 0 fully saturated rings. The van der Waals surface area contributed by atoms with E-state index in [4.69, 9.17) is 9.47 Å². The molecular formula is C17H19NO7. The first-order valence-electron chi connectivity index (χ1n) is 7.36. The lowest BCUT2D eigenvalue weighted by atomic mass is 10.1. The number of ether oxygens (including phenoxy) is 2. The summed E-state index contributed by atoms with van der Waals surface area (Å²) in [6.07, 6.45) is 1.11. The van der Waals surface area contributed by atoms with Crippen LogP contribution in [0.1, 0.15) is 33.3 Å². The van der Waals surface area contributed by atoms with Crippen LogP contribution in [0.3, 0.4) is 0 Å². The van der Waals surface area contributed by atoms with E-state index in [0.717, 1.165) is 13.0 Å². The predicted molar refractivity (Wildman–Crippen MR) is 88.6 cm³/mol. The Labute approximate surface area is 144 Å². The highest BCUT2D eigenvalue weighted by Gasteiger charge is 2.26. The molecule has 1 aromatic carbocycles. The van der Waals surface area contributed by atoms with Gasteiger partial charge in [0.1, 0.15) is 17.8 Å². The Hall–Kier alpha value is -3.03. The van der Waals surface area contributed by atoms with Crippen LogP contribution in [0.2, 0.25) is 0 Å². The van der Waals surface area contributed by atoms with E-state index in [0.29, 0.717) is 0 Å². The monoisotopic (exact) mass is 349 g/mol. The Kier molecular flexibility index (Phi) is 6.55. The summed E-state index contributed by atoms with van der Waals surface area (Å²) in [5, 5.41) is 11.0. The van der Waals surface area contributed by atoms with E-state index >= 15 is 0 Å². The van der Waals surface area contributed by atoms with Gasteiger partial charge in [-0.25, -0.2) is 4.79 Å². The number of rotatable bonds is 7. The Balaban J connectivity index is 3.05. The van der Waals surface area contributed by atoms with Crippen LogP contribution in [0.25, 0.3) is 6.08 Å². The first-order chi connectivity index (χ1) is 11.5. The van der Waals surface area contributed by atoms with Gasteiger partial charge in [-0.2, -0.15) is 0 Å². The van der Waals surface area contributed by atoms with Crippen molar-refractivity contribution in [2.45, 2.75) is 33.3 Å². The second-order valence-electron chi connectivity index (χ2n) is 5.86. The van der Waals surface area contributed by atoms with Gasteiger partial charge < -0.3 is 9.47 Å². The third kappa shape index (κ3) is 6.17. The van der Waals surface area contributed by atoms with Gasteiger partial charge in [0.15, 0.2) is 5.78 Å². The van der Waals surface area contributed by atoms with Crippen LogP contribution < -0.4 is 0 Å². The molecule has 0 aliphatic carbocycles. The van der Waals surface area contributed by atoms with Crippen molar-refractivity contribution >= 4 is 29.5 Å². The summed E-state index contributed by atoms with van der Waals surface area (Å²) in [5.41, 5.74) is -1.54. The number of carbonyl (C=O) groups excluding carboxylic acids is 3. The maximum absolute atomic E-state index is 12.2. The molecule has 0 unspecified atom stereocenters. The number of Topliss-reactive ketones (excluding diaryl/α,β-unsaturated/α-hetero) is 1. The minimum Gasteiger partial charge on any atom is -0.458 e. The Morgan fingerprint density at radius 2 is 1.80 bits per heavy atom. The van der Waals surface area contributed by atoms with E-state index in [2.05, 4.69) is 0 Å². The maximum Gasteiger partial charge on any atom is 0.341 e. The molecule has 0 aromatic heterocycles. The SMILES string of the molecule is CC(=O)OC(C)(C)COC(=O)/C(=C/c1ccccc1[N+](=O)[O-])C(C)=O. The summed E-state index contributed by atoms with van der Waals surface area (Å²) < 4.78 is 10.0. The molecule has 0 saturated heterocycles. The second-order valence-corrected chi connectivity index (χ2v) is 5.86. The quantitative estimate of drug-likeness (QED) is 0.185. The van der Waals surface area contributed by atoms with Crippen LogP contribution in [0.4, 0.5) is 5.69 Å². The number of ketones is 1. The average molecular weight is 349 g/mol. The number of para-hydroxylation sites is 1. The smallest absolute Gasteiger partial charge is 0.341 e. The summed E-state index contributed by atoms with van der Waals surface area (Å²) in [6.45, 7) is 5.19. The normalized spacial score (nSPS) is 11.6. The van der Waals surface area contributed by atoms with Gasteiger partial charge in [-0.15, -0.1) is 0 Å². The number of benzene rings is 1. The van der Waals surface area contributed by atoms with Crippen molar-refractivity contribution in [3.05, 3.63) is 45.5 Å². The molecule has 1 rings (SSSR count). The van der Waals surface area contributed by atoms with Crippen molar-refractivity contribution in [3.63, 3.8) is 0 Å². The average Bonchev–Trinajstić information content (AvgIpc) is 2.49. The Morgan fingerprint density at radius 1 is 1.20 bits per heavy atom. The molecule has 0 N–H and O–H groups in total.